The number of halogens is 1. The number of piperidine rings is 1. The predicted molar refractivity (Wildman–Crippen MR) is 108 cm³/mol. The number of aromatic nitrogens is 3. The van der Waals surface area contributed by atoms with E-state index in [1.807, 2.05) is 30.7 Å². The molecule has 1 saturated carbocycles. The zero-order chi connectivity index (χ0) is 20.9. The standard InChI is InChI=1S/C21H26FN5O2/c1-5-12(2)20(29)27-10-14-15(11-27)19(14)26(4)21-24-17(8-18(28)25(21)3)13-6-7-23-9-16(13)22/h6-9,12,14-15,19H,5,10-11H2,1-4H3. The molecule has 2 aromatic heterocycles. The van der Waals surface area contributed by atoms with Crippen LogP contribution >= 0.6 is 0 Å². The molecule has 0 aromatic carbocycles. The fraction of sp³-hybridized carbons (Fsp3) is 0.524. The van der Waals surface area contributed by atoms with E-state index in [1.54, 1.807) is 7.05 Å². The van der Waals surface area contributed by atoms with Crippen molar-refractivity contribution in [1.82, 2.24) is 19.4 Å². The summed E-state index contributed by atoms with van der Waals surface area (Å²) in [4.78, 5) is 37.2. The van der Waals surface area contributed by atoms with Crippen molar-refractivity contribution in [2.45, 2.75) is 26.3 Å². The summed E-state index contributed by atoms with van der Waals surface area (Å²) in [6.45, 7) is 5.49. The van der Waals surface area contributed by atoms with Gasteiger partial charge in [0.2, 0.25) is 11.9 Å². The summed E-state index contributed by atoms with van der Waals surface area (Å²) in [5.41, 5.74) is 0.315. The summed E-state index contributed by atoms with van der Waals surface area (Å²) < 4.78 is 15.6. The largest absolute Gasteiger partial charge is 0.342 e. The fourth-order valence-corrected chi connectivity index (χ4v) is 4.43. The van der Waals surface area contributed by atoms with Crippen molar-refractivity contribution >= 4 is 11.9 Å². The second-order valence-electron chi connectivity index (χ2n) is 8.18. The molecule has 0 bridgehead atoms. The summed E-state index contributed by atoms with van der Waals surface area (Å²) in [6.07, 6.45) is 3.44. The quantitative estimate of drug-likeness (QED) is 0.768. The van der Waals surface area contributed by atoms with Gasteiger partial charge in [-0.3, -0.25) is 19.1 Å². The molecule has 1 amide bonds. The Morgan fingerprint density at radius 3 is 2.69 bits per heavy atom. The number of nitrogens with zero attached hydrogens (tertiary/aromatic N) is 5. The van der Waals surface area contributed by atoms with Gasteiger partial charge in [0, 0.05) is 68.8 Å². The van der Waals surface area contributed by atoms with E-state index in [0.29, 0.717) is 23.5 Å². The first-order valence-corrected chi connectivity index (χ1v) is 10.0. The van der Waals surface area contributed by atoms with Gasteiger partial charge in [-0.05, 0) is 12.5 Å². The van der Waals surface area contributed by atoms with Crippen LogP contribution in [0.25, 0.3) is 11.3 Å². The van der Waals surface area contributed by atoms with Crippen LogP contribution in [0.1, 0.15) is 20.3 Å². The lowest BCUT2D eigenvalue weighted by molar-refractivity contribution is -0.134. The van der Waals surface area contributed by atoms with Crippen LogP contribution in [0.4, 0.5) is 10.3 Å². The van der Waals surface area contributed by atoms with Crippen LogP contribution in [0.15, 0.2) is 29.3 Å². The molecule has 1 aliphatic heterocycles. The van der Waals surface area contributed by atoms with Crippen LogP contribution in [-0.2, 0) is 11.8 Å². The second kappa shape index (κ2) is 7.24. The molecule has 0 radical (unpaired) electrons. The fourth-order valence-electron chi connectivity index (χ4n) is 4.43. The number of hydrogen-bond acceptors (Lipinski definition) is 5. The highest BCUT2D eigenvalue weighted by atomic mass is 19.1. The smallest absolute Gasteiger partial charge is 0.255 e. The van der Waals surface area contributed by atoms with Crippen molar-refractivity contribution < 1.29 is 9.18 Å². The monoisotopic (exact) mass is 399 g/mol. The molecule has 3 atom stereocenters. The normalized spacial score (nSPS) is 23.6. The summed E-state index contributed by atoms with van der Waals surface area (Å²) in [5.74, 6) is 1.03. The average molecular weight is 399 g/mol. The Labute approximate surface area is 169 Å². The first-order valence-electron chi connectivity index (χ1n) is 10.0. The third-order valence-corrected chi connectivity index (χ3v) is 6.42. The first kappa shape index (κ1) is 19.5. The highest BCUT2D eigenvalue weighted by molar-refractivity contribution is 5.79. The molecular weight excluding hydrogens is 373 g/mol. The average Bonchev–Trinajstić information content (AvgIpc) is 3.21. The van der Waals surface area contributed by atoms with Crippen molar-refractivity contribution in [3.8, 4) is 11.3 Å². The molecule has 2 aliphatic rings. The molecule has 2 aromatic rings. The Hall–Kier alpha value is -2.77. The number of likely N-dealkylation sites (tertiary alicyclic amines) is 1. The Bertz CT molecular complexity index is 995. The minimum Gasteiger partial charge on any atom is -0.342 e. The summed E-state index contributed by atoms with van der Waals surface area (Å²) in [7, 11) is 3.59. The molecule has 0 spiro atoms. The molecule has 0 N–H and O–H groups in total. The molecule has 3 heterocycles. The van der Waals surface area contributed by atoms with E-state index in [4.69, 9.17) is 0 Å². The summed E-state index contributed by atoms with van der Waals surface area (Å²) in [6, 6.07) is 3.09. The van der Waals surface area contributed by atoms with Gasteiger partial charge in [0.25, 0.3) is 5.56 Å². The van der Waals surface area contributed by atoms with Crippen molar-refractivity contribution in [1.29, 1.82) is 0 Å². The Balaban J connectivity index is 1.56. The third kappa shape index (κ3) is 3.30. The Morgan fingerprint density at radius 2 is 2.07 bits per heavy atom. The van der Waals surface area contributed by atoms with Crippen molar-refractivity contribution in [3.63, 3.8) is 0 Å². The van der Waals surface area contributed by atoms with E-state index >= 15 is 0 Å². The van der Waals surface area contributed by atoms with Gasteiger partial charge in [-0.2, -0.15) is 0 Å². The molecule has 2 fully saturated rings. The summed E-state index contributed by atoms with van der Waals surface area (Å²) >= 11 is 0. The van der Waals surface area contributed by atoms with Crippen LogP contribution in [-0.4, -0.2) is 51.5 Å². The van der Waals surface area contributed by atoms with Crippen molar-refractivity contribution in [3.05, 3.63) is 40.7 Å². The topological polar surface area (TPSA) is 71.3 Å². The van der Waals surface area contributed by atoms with Gasteiger partial charge >= 0.3 is 0 Å². The van der Waals surface area contributed by atoms with E-state index in [1.165, 1.54) is 22.9 Å². The van der Waals surface area contributed by atoms with E-state index in [0.717, 1.165) is 25.7 Å². The van der Waals surface area contributed by atoms with Crippen LogP contribution in [0.3, 0.4) is 0 Å². The molecule has 3 unspecified atom stereocenters. The molecule has 1 aliphatic carbocycles. The maximum absolute atomic E-state index is 14.1. The number of carbonyl (C=O) groups is 1. The van der Waals surface area contributed by atoms with Crippen LogP contribution in [0.5, 0.6) is 0 Å². The molecule has 4 rings (SSSR count). The highest BCUT2D eigenvalue weighted by Crippen LogP contribution is 2.49. The number of amides is 1. The minimum atomic E-state index is -0.510. The Morgan fingerprint density at radius 1 is 1.38 bits per heavy atom. The number of fused-ring (bicyclic) bond motifs is 1. The molecular formula is C21H26FN5O2. The van der Waals surface area contributed by atoms with Crippen LogP contribution in [0, 0.1) is 23.6 Å². The molecule has 1 saturated heterocycles. The maximum atomic E-state index is 14.1. The van der Waals surface area contributed by atoms with E-state index in [2.05, 4.69) is 9.97 Å². The third-order valence-electron chi connectivity index (χ3n) is 6.42. The second-order valence-corrected chi connectivity index (χ2v) is 8.18. The van der Waals surface area contributed by atoms with Crippen LogP contribution < -0.4 is 10.5 Å². The predicted octanol–water partition coefficient (Wildman–Crippen LogP) is 1.92. The van der Waals surface area contributed by atoms with Gasteiger partial charge < -0.3 is 9.80 Å². The van der Waals surface area contributed by atoms with Gasteiger partial charge in [0.1, 0.15) is 0 Å². The van der Waals surface area contributed by atoms with E-state index < -0.39 is 5.82 Å². The number of rotatable bonds is 5. The van der Waals surface area contributed by atoms with Gasteiger partial charge in [0.05, 0.1) is 11.9 Å². The van der Waals surface area contributed by atoms with Gasteiger partial charge in [-0.15, -0.1) is 0 Å². The number of carbonyl (C=O) groups excluding carboxylic acids is 1. The van der Waals surface area contributed by atoms with Gasteiger partial charge in [-0.1, -0.05) is 13.8 Å². The lowest BCUT2D eigenvalue weighted by atomic mass is 10.1. The molecule has 154 valence electrons. The zero-order valence-corrected chi connectivity index (χ0v) is 17.2. The summed E-state index contributed by atoms with van der Waals surface area (Å²) in [5, 5.41) is 0. The SMILES string of the molecule is CCC(C)C(=O)N1CC2C(C1)C2N(C)c1nc(-c2ccncc2F)cc(=O)n1C. The number of anilines is 1. The number of pyridine rings is 1. The van der Waals surface area contributed by atoms with E-state index in [-0.39, 0.29) is 29.0 Å². The molecule has 7 nitrogen and oxygen atoms in total. The molecule has 29 heavy (non-hydrogen) atoms. The first-order chi connectivity index (χ1) is 13.8. The number of hydrogen-bond donors (Lipinski definition) is 0. The zero-order valence-electron chi connectivity index (χ0n) is 17.2. The maximum Gasteiger partial charge on any atom is 0.255 e. The molecule has 8 heteroatoms. The Kier molecular flexibility index (Phi) is 4.88. The van der Waals surface area contributed by atoms with Crippen molar-refractivity contribution in [2.75, 3.05) is 25.0 Å². The van der Waals surface area contributed by atoms with Crippen LogP contribution in [0.2, 0.25) is 0 Å². The van der Waals surface area contributed by atoms with Gasteiger partial charge in [-0.25, -0.2) is 9.37 Å². The lowest BCUT2D eigenvalue weighted by Crippen LogP contribution is -2.40. The van der Waals surface area contributed by atoms with E-state index in [9.17, 15) is 14.0 Å². The highest BCUT2D eigenvalue weighted by Gasteiger charge is 2.59. The lowest BCUT2D eigenvalue weighted by Gasteiger charge is -2.27. The van der Waals surface area contributed by atoms with Crippen molar-refractivity contribution in [2.24, 2.45) is 24.8 Å². The van der Waals surface area contributed by atoms with Gasteiger partial charge in [0.15, 0.2) is 5.82 Å². The minimum absolute atomic E-state index is 0.0538.